The second-order valence-corrected chi connectivity index (χ2v) is 9.51. The highest BCUT2D eigenvalue weighted by Crippen LogP contribution is 2.32. The fraction of sp³-hybridized carbons (Fsp3) is 0.267. The summed E-state index contributed by atoms with van der Waals surface area (Å²) in [6.07, 6.45) is -4.63. The van der Waals surface area contributed by atoms with Crippen LogP contribution in [0.2, 0.25) is 0 Å². The lowest BCUT2D eigenvalue weighted by Crippen LogP contribution is -2.48. The number of alkyl halides is 3. The number of aromatic nitrogens is 2. The molecule has 0 radical (unpaired) electrons. The first kappa shape index (κ1) is 27.7. The Bertz CT molecular complexity index is 1350. The minimum Gasteiger partial charge on any atom is -0.476 e. The molecular weight excluding hydrogens is 527 g/mol. The van der Waals surface area contributed by atoms with E-state index < -0.39 is 11.9 Å². The first-order chi connectivity index (χ1) is 19.3. The molecule has 40 heavy (non-hydrogen) atoms. The van der Waals surface area contributed by atoms with E-state index in [1.807, 2.05) is 0 Å². The van der Waals surface area contributed by atoms with E-state index >= 15 is 0 Å². The maximum Gasteiger partial charge on any atom is 0.433 e. The molecule has 1 saturated heterocycles. The van der Waals surface area contributed by atoms with Crippen molar-refractivity contribution in [1.82, 2.24) is 19.8 Å². The van der Waals surface area contributed by atoms with Gasteiger partial charge in [-0.3, -0.25) is 9.80 Å². The van der Waals surface area contributed by atoms with Gasteiger partial charge in [0.05, 0.1) is 6.04 Å². The summed E-state index contributed by atoms with van der Waals surface area (Å²) in [7, 11) is 0. The molecule has 10 heteroatoms. The van der Waals surface area contributed by atoms with Gasteiger partial charge in [0.25, 0.3) is 0 Å². The molecule has 3 aromatic carbocycles. The molecule has 0 N–H and O–H groups in total. The molecule has 0 saturated carbocycles. The van der Waals surface area contributed by atoms with E-state index in [9.17, 15) is 22.0 Å². The standard InChI is InChI=1S/C30H27F5N4O/c31-24-10-6-21(7-11-24)28(22-8-12-25(32)13-9-22)39-16-14-38(15-17-39)18-19-40-27-20-26(30(33,34)35)36-29(37-27)23-4-2-1-3-5-23/h1-13,20,28H,14-19H2. The smallest absolute Gasteiger partial charge is 0.433 e. The summed E-state index contributed by atoms with van der Waals surface area (Å²) in [6.45, 7) is 3.40. The summed E-state index contributed by atoms with van der Waals surface area (Å²) < 4.78 is 73.2. The zero-order chi connectivity index (χ0) is 28.1. The van der Waals surface area contributed by atoms with Crippen LogP contribution in [0.1, 0.15) is 22.9 Å². The van der Waals surface area contributed by atoms with E-state index in [4.69, 9.17) is 4.74 Å². The van der Waals surface area contributed by atoms with Gasteiger partial charge in [-0.1, -0.05) is 54.6 Å². The minimum atomic E-state index is -4.63. The van der Waals surface area contributed by atoms with Crippen LogP contribution in [0, 0.1) is 11.6 Å². The molecule has 5 nitrogen and oxygen atoms in total. The first-order valence-corrected chi connectivity index (χ1v) is 12.9. The summed E-state index contributed by atoms with van der Waals surface area (Å²) >= 11 is 0. The molecule has 0 amide bonds. The zero-order valence-electron chi connectivity index (χ0n) is 21.5. The van der Waals surface area contributed by atoms with Crippen LogP contribution in [-0.4, -0.2) is 59.1 Å². The third-order valence-electron chi connectivity index (χ3n) is 6.83. The SMILES string of the molecule is Fc1ccc(C(c2ccc(F)cc2)N2CCN(CCOc3cc(C(F)(F)F)nc(-c4ccccc4)n3)CC2)cc1. The van der Waals surface area contributed by atoms with Gasteiger partial charge >= 0.3 is 6.18 Å². The van der Waals surface area contributed by atoms with Crippen LogP contribution in [0.5, 0.6) is 5.88 Å². The Morgan fingerprint density at radius 3 is 1.88 bits per heavy atom. The molecular formula is C30H27F5N4O. The summed E-state index contributed by atoms with van der Waals surface area (Å²) in [5.41, 5.74) is 1.22. The van der Waals surface area contributed by atoms with Crippen molar-refractivity contribution in [3.8, 4) is 17.3 Å². The monoisotopic (exact) mass is 554 g/mol. The number of hydrogen-bond acceptors (Lipinski definition) is 5. The largest absolute Gasteiger partial charge is 0.476 e. The molecule has 4 aromatic rings. The lowest BCUT2D eigenvalue weighted by molar-refractivity contribution is -0.141. The normalized spacial score (nSPS) is 14.9. The molecule has 0 atom stereocenters. The van der Waals surface area contributed by atoms with Crippen molar-refractivity contribution >= 4 is 0 Å². The van der Waals surface area contributed by atoms with Crippen molar-refractivity contribution in [1.29, 1.82) is 0 Å². The predicted molar refractivity (Wildman–Crippen MR) is 141 cm³/mol. The molecule has 1 aromatic heterocycles. The highest BCUT2D eigenvalue weighted by atomic mass is 19.4. The van der Waals surface area contributed by atoms with Gasteiger partial charge < -0.3 is 4.74 Å². The number of rotatable bonds is 8. The van der Waals surface area contributed by atoms with Crippen LogP contribution in [0.3, 0.4) is 0 Å². The second-order valence-electron chi connectivity index (χ2n) is 9.51. The van der Waals surface area contributed by atoms with Crippen molar-refractivity contribution in [2.24, 2.45) is 0 Å². The van der Waals surface area contributed by atoms with Gasteiger partial charge in [0.15, 0.2) is 11.5 Å². The number of piperazine rings is 1. The van der Waals surface area contributed by atoms with Gasteiger partial charge in [-0.2, -0.15) is 18.2 Å². The molecule has 208 valence electrons. The Balaban J connectivity index is 1.22. The van der Waals surface area contributed by atoms with Gasteiger partial charge in [-0.25, -0.2) is 13.8 Å². The fourth-order valence-electron chi connectivity index (χ4n) is 4.79. The van der Waals surface area contributed by atoms with Crippen LogP contribution in [0.4, 0.5) is 22.0 Å². The van der Waals surface area contributed by atoms with E-state index in [1.54, 1.807) is 54.6 Å². The van der Waals surface area contributed by atoms with E-state index in [-0.39, 0.29) is 36.0 Å². The second kappa shape index (κ2) is 12.1. The Labute approximate surface area is 228 Å². The molecule has 0 spiro atoms. The van der Waals surface area contributed by atoms with E-state index in [0.717, 1.165) is 17.2 Å². The van der Waals surface area contributed by atoms with Crippen molar-refractivity contribution in [3.05, 3.63) is 113 Å². The van der Waals surface area contributed by atoms with Gasteiger partial charge in [0.1, 0.15) is 18.2 Å². The highest BCUT2D eigenvalue weighted by Gasteiger charge is 2.34. The van der Waals surface area contributed by atoms with Gasteiger partial charge in [-0.05, 0) is 35.4 Å². The average Bonchev–Trinajstić information content (AvgIpc) is 2.96. The molecule has 0 bridgehead atoms. The Kier molecular flexibility index (Phi) is 8.37. The van der Waals surface area contributed by atoms with Gasteiger partial charge in [0, 0.05) is 44.4 Å². The maximum atomic E-state index is 13.6. The Morgan fingerprint density at radius 2 is 1.32 bits per heavy atom. The molecule has 2 heterocycles. The van der Waals surface area contributed by atoms with E-state index in [0.29, 0.717) is 38.3 Å². The molecule has 1 aliphatic rings. The Hall–Kier alpha value is -3.89. The maximum absolute atomic E-state index is 13.6. The molecule has 1 aliphatic heterocycles. The Morgan fingerprint density at radius 1 is 0.750 bits per heavy atom. The molecule has 1 fully saturated rings. The fourth-order valence-corrected chi connectivity index (χ4v) is 4.79. The predicted octanol–water partition coefficient (Wildman–Crippen LogP) is 6.23. The quantitative estimate of drug-likeness (QED) is 0.242. The molecule has 0 unspecified atom stereocenters. The molecule has 5 rings (SSSR count). The first-order valence-electron chi connectivity index (χ1n) is 12.9. The molecule has 0 aliphatic carbocycles. The third-order valence-corrected chi connectivity index (χ3v) is 6.83. The highest BCUT2D eigenvalue weighted by molar-refractivity contribution is 5.55. The van der Waals surface area contributed by atoms with Crippen LogP contribution in [0.15, 0.2) is 84.9 Å². The minimum absolute atomic E-state index is 0.0494. The number of nitrogens with zero attached hydrogens (tertiary/aromatic N) is 4. The van der Waals surface area contributed by atoms with Crippen molar-refractivity contribution in [3.63, 3.8) is 0 Å². The van der Waals surface area contributed by atoms with Crippen LogP contribution >= 0.6 is 0 Å². The topological polar surface area (TPSA) is 41.5 Å². The summed E-state index contributed by atoms with van der Waals surface area (Å²) in [4.78, 5) is 12.3. The van der Waals surface area contributed by atoms with Gasteiger partial charge in [-0.15, -0.1) is 0 Å². The van der Waals surface area contributed by atoms with Crippen LogP contribution in [0.25, 0.3) is 11.4 Å². The van der Waals surface area contributed by atoms with Crippen molar-refractivity contribution in [2.45, 2.75) is 12.2 Å². The lowest BCUT2D eigenvalue weighted by Gasteiger charge is -2.39. The van der Waals surface area contributed by atoms with Crippen molar-refractivity contribution in [2.75, 3.05) is 39.3 Å². The van der Waals surface area contributed by atoms with Crippen molar-refractivity contribution < 1.29 is 26.7 Å². The summed E-state index contributed by atoms with van der Waals surface area (Å²) in [5.74, 6) is -0.833. The lowest BCUT2D eigenvalue weighted by atomic mass is 9.96. The zero-order valence-corrected chi connectivity index (χ0v) is 21.5. The van der Waals surface area contributed by atoms with Gasteiger partial charge in [0.2, 0.25) is 5.88 Å². The summed E-state index contributed by atoms with van der Waals surface area (Å²) in [6, 6.07) is 21.7. The number of ether oxygens (including phenoxy) is 1. The number of benzene rings is 3. The van der Waals surface area contributed by atoms with Crippen LogP contribution in [-0.2, 0) is 6.18 Å². The van der Waals surface area contributed by atoms with E-state index in [1.165, 1.54) is 24.3 Å². The third kappa shape index (κ3) is 6.81. The summed E-state index contributed by atoms with van der Waals surface area (Å²) in [5, 5.41) is 0. The average molecular weight is 555 g/mol. The van der Waals surface area contributed by atoms with E-state index in [2.05, 4.69) is 19.8 Å². The number of hydrogen-bond donors (Lipinski definition) is 0. The number of halogens is 5. The van der Waals surface area contributed by atoms with Crippen LogP contribution < -0.4 is 4.74 Å².